The summed E-state index contributed by atoms with van der Waals surface area (Å²) in [6.07, 6.45) is 0. The van der Waals surface area contributed by atoms with Crippen molar-refractivity contribution in [1.29, 1.82) is 0 Å². The first-order valence-corrected chi connectivity index (χ1v) is 8.40. The van der Waals surface area contributed by atoms with E-state index in [4.69, 9.17) is 0 Å². The predicted octanol–water partition coefficient (Wildman–Crippen LogP) is 0.521. The smallest absolute Gasteiger partial charge is 0.242 e. The number of benzene rings is 1. The van der Waals surface area contributed by atoms with Crippen LogP contribution in [0.4, 0.5) is 0 Å². The summed E-state index contributed by atoms with van der Waals surface area (Å²) in [4.78, 5) is 2.66. The summed E-state index contributed by atoms with van der Waals surface area (Å²) in [7, 11) is -1.72. The summed E-state index contributed by atoms with van der Waals surface area (Å²) < 4.78 is 26.3. The standard InChI is InChI=1S/C14H23N3O2S/c1-13-3-5-14(6-4-13)20(18,19)16(2)11-12-17-9-7-15-8-10-17/h3-6,15H,7-12H2,1-2H3. The number of nitrogens with one attached hydrogen (secondary N) is 1. The first-order chi connectivity index (χ1) is 9.50. The second-order valence-corrected chi connectivity index (χ2v) is 7.28. The highest BCUT2D eigenvalue weighted by atomic mass is 32.2. The minimum absolute atomic E-state index is 0.367. The number of piperazine rings is 1. The van der Waals surface area contributed by atoms with Crippen LogP contribution in [0.3, 0.4) is 0 Å². The molecule has 0 amide bonds. The SMILES string of the molecule is Cc1ccc(S(=O)(=O)N(C)CCN2CCNCC2)cc1. The summed E-state index contributed by atoms with van der Waals surface area (Å²) >= 11 is 0. The Kier molecular flexibility index (Phi) is 5.15. The molecule has 1 aromatic rings. The molecule has 1 fully saturated rings. The van der Waals surface area contributed by atoms with E-state index in [1.54, 1.807) is 19.2 Å². The Morgan fingerprint density at radius 2 is 1.80 bits per heavy atom. The van der Waals surface area contributed by atoms with Crippen molar-refractivity contribution >= 4 is 10.0 Å². The van der Waals surface area contributed by atoms with Gasteiger partial charge in [-0.05, 0) is 19.1 Å². The molecule has 1 aliphatic rings. The van der Waals surface area contributed by atoms with E-state index in [0.29, 0.717) is 11.4 Å². The Hall–Kier alpha value is -0.950. The fourth-order valence-electron chi connectivity index (χ4n) is 2.23. The van der Waals surface area contributed by atoms with Gasteiger partial charge in [-0.1, -0.05) is 17.7 Å². The Labute approximate surface area is 121 Å². The second kappa shape index (κ2) is 6.67. The molecular formula is C14H23N3O2S. The average Bonchev–Trinajstić information content (AvgIpc) is 2.46. The summed E-state index contributed by atoms with van der Waals surface area (Å²) in [6.45, 7) is 7.18. The maximum atomic E-state index is 12.4. The molecule has 0 atom stereocenters. The molecule has 1 N–H and O–H groups in total. The van der Waals surface area contributed by atoms with Crippen LogP contribution in [-0.2, 0) is 10.0 Å². The van der Waals surface area contributed by atoms with E-state index < -0.39 is 10.0 Å². The number of hydrogen-bond acceptors (Lipinski definition) is 4. The van der Waals surface area contributed by atoms with Gasteiger partial charge in [-0.15, -0.1) is 0 Å². The van der Waals surface area contributed by atoms with Crippen molar-refractivity contribution in [2.75, 3.05) is 46.3 Å². The van der Waals surface area contributed by atoms with Crippen LogP contribution in [0.25, 0.3) is 0 Å². The highest BCUT2D eigenvalue weighted by molar-refractivity contribution is 7.89. The Bertz CT molecular complexity index is 522. The van der Waals surface area contributed by atoms with E-state index in [1.165, 1.54) is 4.31 Å². The number of nitrogens with zero attached hydrogens (tertiary/aromatic N) is 2. The van der Waals surface area contributed by atoms with Gasteiger partial charge in [0, 0.05) is 46.3 Å². The van der Waals surface area contributed by atoms with Crippen molar-refractivity contribution in [3.05, 3.63) is 29.8 Å². The largest absolute Gasteiger partial charge is 0.314 e. The molecular weight excluding hydrogens is 274 g/mol. The minimum atomic E-state index is -3.37. The van der Waals surface area contributed by atoms with Gasteiger partial charge in [0.05, 0.1) is 4.90 Å². The maximum Gasteiger partial charge on any atom is 0.242 e. The van der Waals surface area contributed by atoms with Crippen LogP contribution in [0, 0.1) is 6.92 Å². The van der Waals surface area contributed by atoms with Crippen molar-refractivity contribution < 1.29 is 8.42 Å². The van der Waals surface area contributed by atoms with Gasteiger partial charge in [0.15, 0.2) is 0 Å². The zero-order valence-electron chi connectivity index (χ0n) is 12.2. The molecule has 5 nitrogen and oxygen atoms in total. The molecule has 6 heteroatoms. The Morgan fingerprint density at radius 3 is 2.40 bits per heavy atom. The van der Waals surface area contributed by atoms with E-state index in [1.807, 2.05) is 19.1 Å². The summed E-state index contributed by atoms with van der Waals surface area (Å²) in [6, 6.07) is 7.01. The predicted molar refractivity (Wildman–Crippen MR) is 80.3 cm³/mol. The van der Waals surface area contributed by atoms with Gasteiger partial charge in [0.2, 0.25) is 10.0 Å². The molecule has 112 valence electrons. The van der Waals surface area contributed by atoms with Gasteiger partial charge in [-0.25, -0.2) is 8.42 Å². The lowest BCUT2D eigenvalue weighted by atomic mass is 10.2. The summed E-state index contributed by atoms with van der Waals surface area (Å²) in [5, 5.41) is 3.29. The van der Waals surface area contributed by atoms with Crippen molar-refractivity contribution in [2.45, 2.75) is 11.8 Å². The van der Waals surface area contributed by atoms with Gasteiger partial charge in [-0.3, -0.25) is 4.90 Å². The van der Waals surface area contributed by atoms with Crippen molar-refractivity contribution in [1.82, 2.24) is 14.5 Å². The molecule has 1 heterocycles. The highest BCUT2D eigenvalue weighted by Crippen LogP contribution is 2.14. The lowest BCUT2D eigenvalue weighted by Gasteiger charge is -2.28. The van der Waals surface area contributed by atoms with E-state index in [9.17, 15) is 8.42 Å². The fraction of sp³-hybridized carbons (Fsp3) is 0.571. The quantitative estimate of drug-likeness (QED) is 0.861. The van der Waals surface area contributed by atoms with Gasteiger partial charge in [0.25, 0.3) is 0 Å². The Balaban J connectivity index is 1.96. The van der Waals surface area contributed by atoms with E-state index in [0.717, 1.165) is 38.3 Å². The summed E-state index contributed by atoms with van der Waals surface area (Å²) in [5.74, 6) is 0. The fourth-order valence-corrected chi connectivity index (χ4v) is 3.39. The molecule has 20 heavy (non-hydrogen) atoms. The first-order valence-electron chi connectivity index (χ1n) is 6.96. The number of aryl methyl sites for hydroxylation is 1. The van der Waals surface area contributed by atoms with Crippen molar-refractivity contribution in [3.8, 4) is 0 Å². The molecule has 1 saturated heterocycles. The molecule has 0 spiro atoms. The van der Waals surface area contributed by atoms with Crippen LogP contribution in [-0.4, -0.2) is 63.9 Å². The zero-order chi connectivity index (χ0) is 14.6. The topological polar surface area (TPSA) is 52.7 Å². The van der Waals surface area contributed by atoms with Gasteiger partial charge >= 0.3 is 0 Å². The lowest BCUT2D eigenvalue weighted by molar-refractivity contribution is 0.229. The van der Waals surface area contributed by atoms with Gasteiger partial charge in [-0.2, -0.15) is 4.31 Å². The Morgan fingerprint density at radius 1 is 1.20 bits per heavy atom. The number of likely N-dealkylation sites (N-methyl/N-ethyl adjacent to an activating group) is 1. The number of rotatable bonds is 5. The number of hydrogen-bond donors (Lipinski definition) is 1. The molecule has 0 unspecified atom stereocenters. The normalized spacial score (nSPS) is 17.6. The molecule has 0 aliphatic carbocycles. The molecule has 0 bridgehead atoms. The number of sulfonamides is 1. The molecule has 1 aromatic carbocycles. The van der Waals surface area contributed by atoms with E-state index in [2.05, 4.69) is 10.2 Å². The first kappa shape index (κ1) is 15.4. The molecule has 1 aliphatic heterocycles. The average molecular weight is 297 g/mol. The monoisotopic (exact) mass is 297 g/mol. The van der Waals surface area contributed by atoms with Crippen LogP contribution in [0.5, 0.6) is 0 Å². The van der Waals surface area contributed by atoms with Crippen molar-refractivity contribution in [2.24, 2.45) is 0 Å². The highest BCUT2D eigenvalue weighted by Gasteiger charge is 2.21. The molecule has 0 aromatic heterocycles. The minimum Gasteiger partial charge on any atom is -0.314 e. The van der Waals surface area contributed by atoms with Crippen molar-refractivity contribution in [3.63, 3.8) is 0 Å². The lowest BCUT2D eigenvalue weighted by Crippen LogP contribution is -2.46. The van der Waals surface area contributed by atoms with Gasteiger partial charge in [0.1, 0.15) is 0 Å². The van der Waals surface area contributed by atoms with Crippen LogP contribution in [0.15, 0.2) is 29.2 Å². The van der Waals surface area contributed by atoms with Crippen LogP contribution >= 0.6 is 0 Å². The van der Waals surface area contributed by atoms with Crippen LogP contribution in [0.1, 0.15) is 5.56 Å². The van der Waals surface area contributed by atoms with Crippen LogP contribution in [0.2, 0.25) is 0 Å². The zero-order valence-corrected chi connectivity index (χ0v) is 13.0. The van der Waals surface area contributed by atoms with Crippen LogP contribution < -0.4 is 5.32 Å². The molecule has 0 radical (unpaired) electrons. The summed E-state index contributed by atoms with van der Waals surface area (Å²) in [5.41, 5.74) is 1.06. The third kappa shape index (κ3) is 3.79. The van der Waals surface area contributed by atoms with E-state index >= 15 is 0 Å². The molecule has 0 saturated carbocycles. The maximum absolute atomic E-state index is 12.4. The van der Waals surface area contributed by atoms with E-state index in [-0.39, 0.29) is 0 Å². The van der Waals surface area contributed by atoms with Gasteiger partial charge < -0.3 is 5.32 Å². The molecule has 2 rings (SSSR count). The third-order valence-corrected chi connectivity index (χ3v) is 5.54. The third-order valence-electron chi connectivity index (χ3n) is 3.67. The second-order valence-electron chi connectivity index (χ2n) is 5.23.